The van der Waals surface area contributed by atoms with Crippen molar-refractivity contribution in [1.29, 1.82) is 0 Å². The Hall–Kier alpha value is -1.03. The molecule has 4 heteroatoms. The van der Waals surface area contributed by atoms with Crippen LogP contribution in [-0.2, 0) is 0 Å². The van der Waals surface area contributed by atoms with Crippen molar-refractivity contribution in [2.24, 2.45) is 5.92 Å². The van der Waals surface area contributed by atoms with Crippen LogP contribution in [0.2, 0.25) is 0 Å². The number of rotatable bonds is 4. The molecule has 1 aliphatic heterocycles. The highest BCUT2D eigenvalue weighted by atomic mass is 16.2. The number of piperidine rings is 1. The standard InChI is InChI=1S/C13H25N3O/c1-4-11(2)10-16-7-5-12(6-8-16)9-15-13(17)14-3/h4,12H,5-10H2,1-3H3,(H2,14,15,17)/b11-4+. The van der Waals surface area contributed by atoms with Gasteiger partial charge in [0.05, 0.1) is 0 Å². The molecule has 0 atom stereocenters. The summed E-state index contributed by atoms with van der Waals surface area (Å²) in [5.74, 6) is 0.634. The van der Waals surface area contributed by atoms with Crippen molar-refractivity contribution in [3.63, 3.8) is 0 Å². The molecule has 2 N–H and O–H groups in total. The van der Waals surface area contributed by atoms with Gasteiger partial charge in [-0.05, 0) is 45.7 Å². The van der Waals surface area contributed by atoms with Crippen LogP contribution in [0.1, 0.15) is 26.7 Å². The average molecular weight is 239 g/mol. The lowest BCUT2D eigenvalue weighted by molar-refractivity contribution is 0.193. The average Bonchev–Trinajstić information content (AvgIpc) is 2.37. The summed E-state index contributed by atoms with van der Waals surface area (Å²) in [6, 6.07) is -0.0720. The van der Waals surface area contributed by atoms with E-state index in [0.717, 1.165) is 26.2 Å². The summed E-state index contributed by atoms with van der Waals surface area (Å²) in [5.41, 5.74) is 1.44. The van der Waals surface area contributed by atoms with Gasteiger partial charge in [0.2, 0.25) is 0 Å². The summed E-state index contributed by atoms with van der Waals surface area (Å²) < 4.78 is 0. The van der Waals surface area contributed by atoms with Crippen LogP contribution in [0.5, 0.6) is 0 Å². The van der Waals surface area contributed by atoms with Crippen LogP contribution in [0.4, 0.5) is 4.79 Å². The number of carbonyl (C=O) groups is 1. The van der Waals surface area contributed by atoms with E-state index in [0.29, 0.717) is 5.92 Å². The molecule has 17 heavy (non-hydrogen) atoms. The number of hydrogen-bond donors (Lipinski definition) is 2. The maximum Gasteiger partial charge on any atom is 0.314 e. The summed E-state index contributed by atoms with van der Waals surface area (Å²) in [6.45, 7) is 8.45. The van der Waals surface area contributed by atoms with Gasteiger partial charge in [0.25, 0.3) is 0 Å². The fourth-order valence-corrected chi connectivity index (χ4v) is 2.12. The fraction of sp³-hybridized carbons (Fsp3) is 0.769. The van der Waals surface area contributed by atoms with Crippen molar-refractivity contribution < 1.29 is 4.79 Å². The Morgan fingerprint density at radius 1 is 1.41 bits per heavy atom. The molecule has 2 amide bonds. The largest absolute Gasteiger partial charge is 0.341 e. The zero-order valence-corrected chi connectivity index (χ0v) is 11.3. The number of allylic oxidation sites excluding steroid dienone is 1. The molecule has 0 bridgehead atoms. The van der Waals surface area contributed by atoms with Crippen molar-refractivity contribution in [3.8, 4) is 0 Å². The van der Waals surface area contributed by atoms with Crippen molar-refractivity contribution in [2.75, 3.05) is 33.2 Å². The van der Waals surface area contributed by atoms with Crippen LogP contribution in [0.15, 0.2) is 11.6 Å². The van der Waals surface area contributed by atoms with Gasteiger partial charge in [-0.2, -0.15) is 0 Å². The zero-order chi connectivity index (χ0) is 12.7. The Kier molecular flexibility index (Phi) is 6.05. The van der Waals surface area contributed by atoms with E-state index < -0.39 is 0 Å². The van der Waals surface area contributed by atoms with Gasteiger partial charge < -0.3 is 10.6 Å². The quantitative estimate of drug-likeness (QED) is 0.732. The second-order valence-electron chi connectivity index (χ2n) is 4.81. The summed E-state index contributed by atoms with van der Waals surface area (Å²) in [5, 5.41) is 5.47. The molecule has 1 fully saturated rings. The molecular formula is C13H25N3O. The van der Waals surface area contributed by atoms with E-state index in [4.69, 9.17) is 0 Å². The van der Waals surface area contributed by atoms with Crippen LogP contribution in [0.25, 0.3) is 0 Å². The molecule has 0 aromatic carbocycles. The third-order valence-corrected chi connectivity index (χ3v) is 3.45. The number of carbonyl (C=O) groups excluding carboxylic acids is 1. The lowest BCUT2D eigenvalue weighted by atomic mass is 9.96. The molecule has 4 nitrogen and oxygen atoms in total. The van der Waals surface area contributed by atoms with Gasteiger partial charge in [-0.25, -0.2) is 4.79 Å². The molecule has 1 aliphatic rings. The monoisotopic (exact) mass is 239 g/mol. The topological polar surface area (TPSA) is 44.4 Å². The molecule has 0 aromatic heterocycles. The summed E-state index contributed by atoms with van der Waals surface area (Å²) in [4.78, 5) is 13.6. The zero-order valence-electron chi connectivity index (χ0n) is 11.3. The Labute approximate surface area is 104 Å². The highest BCUT2D eigenvalue weighted by molar-refractivity contribution is 5.73. The van der Waals surface area contributed by atoms with Crippen LogP contribution in [0, 0.1) is 5.92 Å². The molecule has 1 saturated heterocycles. The molecule has 0 aliphatic carbocycles. The first kappa shape index (κ1) is 14.0. The van der Waals surface area contributed by atoms with Crippen molar-refractivity contribution in [3.05, 3.63) is 11.6 Å². The van der Waals surface area contributed by atoms with Gasteiger partial charge in [-0.1, -0.05) is 11.6 Å². The van der Waals surface area contributed by atoms with E-state index in [1.165, 1.54) is 18.4 Å². The minimum absolute atomic E-state index is 0.0720. The summed E-state index contributed by atoms with van der Waals surface area (Å²) >= 11 is 0. The van der Waals surface area contributed by atoms with Crippen LogP contribution < -0.4 is 10.6 Å². The van der Waals surface area contributed by atoms with Gasteiger partial charge in [-0.15, -0.1) is 0 Å². The Bertz CT molecular complexity index is 268. The first-order valence-electron chi connectivity index (χ1n) is 6.45. The number of likely N-dealkylation sites (tertiary alicyclic amines) is 1. The number of hydrogen-bond acceptors (Lipinski definition) is 2. The SMILES string of the molecule is C/C=C(\C)CN1CCC(CNC(=O)NC)CC1. The molecule has 98 valence electrons. The fourth-order valence-electron chi connectivity index (χ4n) is 2.12. The van der Waals surface area contributed by atoms with E-state index >= 15 is 0 Å². The first-order chi connectivity index (χ1) is 8.15. The second-order valence-corrected chi connectivity index (χ2v) is 4.81. The van der Waals surface area contributed by atoms with Gasteiger partial charge in [0.15, 0.2) is 0 Å². The molecule has 0 radical (unpaired) electrons. The van der Waals surface area contributed by atoms with E-state index in [1.807, 2.05) is 0 Å². The molecule has 0 saturated carbocycles. The van der Waals surface area contributed by atoms with Gasteiger partial charge >= 0.3 is 6.03 Å². The highest BCUT2D eigenvalue weighted by Crippen LogP contribution is 2.17. The lowest BCUT2D eigenvalue weighted by Gasteiger charge is -2.32. The number of nitrogens with one attached hydrogen (secondary N) is 2. The smallest absolute Gasteiger partial charge is 0.314 e. The van der Waals surface area contributed by atoms with E-state index in [2.05, 4.69) is 35.5 Å². The summed E-state index contributed by atoms with van der Waals surface area (Å²) in [7, 11) is 1.65. The van der Waals surface area contributed by atoms with Crippen molar-refractivity contribution >= 4 is 6.03 Å². The van der Waals surface area contributed by atoms with E-state index in [1.54, 1.807) is 7.05 Å². The highest BCUT2D eigenvalue weighted by Gasteiger charge is 2.19. The second kappa shape index (κ2) is 7.33. The molecule has 0 aromatic rings. The maximum atomic E-state index is 11.1. The summed E-state index contributed by atoms with van der Waals surface area (Å²) in [6.07, 6.45) is 4.54. The maximum absolute atomic E-state index is 11.1. The number of urea groups is 1. The third-order valence-electron chi connectivity index (χ3n) is 3.45. The minimum Gasteiger partial charge on any atom is -0.341 e. The van der Waals surface area contributed by atoms with Gasteiger partial charge in [0.1, 0.15) is 0 Å². The predicted molar refractivity (Wildman–Crippen MR) is 71.1 cm³/mol. The normalized spacial score (nSPS) is 19.1. The Morgan fingerprint density at radius 3 is 2.59 bits per heavy atom. The van der Waals surface area contributed by atoms with Crippen LogP contribution in [0.3, 0.4) is 0 Å². The Balaban J connectivity index is 2.19. The van der Waals surface area contributed by atoms with Gasteiger partial charge in [-0.3, -0.25) is 4.90 Å². The molecule has 1 heterocycles. The molecular weight excluding hydrogens is 214 g/mol. The first-order valence-corrected chi connectivity index (χ1v) is 6.45. The van der Waals surface area contributed by atoms with Crippen molar-refractivity contribution in [1.82, 2.24) is 15.5 Å². The molecule has 0 spiro atoms. The van der Waals surface area contributed by atoms with E-state index in [-0.39, 0.29) is 6.03 Å². The predicted octanol–water partition coefficient (Wildman–Crippen LogP) is 1.59. The Morgan fingerprint density at radius 2 is 2.06 bits per heavy atom. The lowest BCUT2D eigenvalue weighted by Crippen LogP contribution is -2.41. The van der Waals surface area contributed by atoms with Crippen LogP contribution in [-0.4, -0.2) is 44.2 Å². The number of amides is 2. The van der Waals surface area contributed by atoms with Gasteiger partial charge in [0, 0.05) is 20.1 Å². The van der Waals surface area contributed by atoms with Crippen LogP contribution >= 0.6 is 0 Å². The minimum atomic E-state index is -0.0720. The van der Waals surface area contributed by atoms with Crippen molar-refractivity contribution in [2.45, 2.75) is 26.7 Å². The number of nitrogens with zero attached hydrogens (tertiary/aromatic N) is 1. The molecule has 0 unspecified atom stereocenters. The van der Waals surface area contributed by atoms with E-state index in [9.17, 15) is 4.79 Å². The molecule has 1 rings (SSSR count). The third kappa shape index (κ3) is 5.22.